The van der Waals surface area contributed by atoms with Crippen LogP contribution in [0.5, 0.6) is 0 Å². The van der Waals surface area contributed by atoms with Gasteiger partial charge in [0, 0.05) is 0 Å². The van der Waals surface area contributed by atoms with Crippen molar-refractivity contribution < 1.29 is 0 Å². The maximum absolute atomic E-state index is 4.31. The largest absolute Gasteiger partial charge is 0.0955 e. The Kier molecular flexibility index (Phi) is 4.72. The molecule has 0 fully saturated rings. The van der Waals surface area contributed by atoms with Gasteiger partial charge in [0.2, 0.25) is 0 Å². The normalized spacial score (nSPS) is 16.1. The molecule has 0 N–H and O–H groups in total. The summed E-state index contributed by atoms with van der Waals surface area (Å²) in [6, 6.07) is 16.9. The van der Waals surface area contributed by atoms with Crippen LogP contribution in [0.4, 0.5) is 0 Å². The minimum absolute atomic E-state index is 0.949. The van der Waals surface area contributed by atoms with E-state index in [0.717, 1.165) is 34.3 Å². The first-order chi connectivity index (χ1) is 12.0. The maximum atomic E-state index is 4.31. The van der Waals surface area contributed by atoms with Gasteiger partial charge in [0.1, 0.15) is 0 Å². The quantitative estimate of drug-likeness (QED) is 0.538. The molecule has 2 aromatic rings. The van der Waals surface area contributed by atoms with Crippen molar-refractivity contribution in [2.75, 3.05) is 0 Å². The van der Waals surface area contributed by atoms with Gasteiger partial charge < -0.3 is 0 Å². The lowest BCUT2D eigenvalue weighted by molar-refractivity contribution is 1.26. The summed E-state index contributed by atoms with van der Waals surface area (Å²) < 4.78 is 0. The molecule has 0 nitrogen and oxygen atoms in total. The molecule has 0 saturated heterocycles. The van der Waals surface area contributed by atoms with Gasteiger partial charge in [0.15, 0.2) is 0 Å². The molecule has 3 rings (SSSR count). The second kappa shape index (κ2) is 6.94. The molecule has 0 heteroatoms. The van der Waals surface area contributed by atoms with Crippen LogP contribution in [0.1, 0.15) is 36.1 Å². The Morgan fingerprint density at radius 3 is 2.24 bits per heavy atom. The van der Waals surface area contributed by atoms with Gasteiger partial charge in [-0.1, -0.05) is 86.0 Å². The molecule has 2 aromatic carbocycles. The molecule has 1 aliphatic rings. The number of hydrogen-bond acceptors (Lipinski definition) is 0. The summed E-state index contributed by atoms with van der Waals surface area (Å²) in [5.41, 5.74) is 10.5. The van der Waals surface area contributed by atoms with Crippen molar-refractivity contribution >= 4 is 16.7 Å². The SMILES string of the molecule is C=C(C=C1Cc2ccccc2C1=CC)C(=C)c1ccccc1C(=C)C. The minimum Gasteiger partial charge on any atom is -0.0955 e. The first-order valence-electron chi connectivity index (χ1n) is 8.62. The van der Waals surface area contributed by atoms with Crippen molar-refractivity contribution in [2.45, 2.75) is 20.3 Å². The Labute approximate surface area is 151 Å². The summed E-state index contributed by atoms with van der Waals surface area (Å²) in [6.07, 6.45) is 5.33. The minimum atomic E-state index is 0.949. The van der Waals surface area contributed by atoms with E-state index in [4.69, 9.17) is 0 Å². The highest BCUT2D eigenvalue weighted by molar-refractivity contribution is 5.90. The molecule has 124 valence electrons. The van der Waals surface area contributed by atoms with Gasteiger partial charge in [0.05, 0.1) is 0 Å². The lowest BCUT2D eigenvalue weighted by atomic mass is 9.91. The predicted octanol–water partition coefficient (Wildman–Crippen LogP) is 6.88. The smallest absolute Gasteiger partial charge is 0.00134 e. The molecule has 0 heterocycles. The summed E-state index contributed by atoms with van der Waals surface area (Å²) in [6.45, 7) is 16.8. The van der Waals surface area contributed by atoms with Crippen LogP contribution >= 0.6 is 0 Å². The summed E-state index contributed by atoms with van der Waals surface area (Å²) in [7, 11) is 0. The third kappa shape index (κ3) is 3.21. The molecular weight excluding hydrogens is 300 g/mol. The maximum Gasteiger partial charge on any atom is -0.00134 e. The van der Waals surface area contributed by atoms with Crippen molar-refractivity contribution in [3.63, 3.8) is 0 Å². The van der Waals surface area contributed by atoms with Crippen molar-refractivity contribution in [3.8, 4) is 0 Å². The van der Waals surface area contributed by atoms with Crippen LogP contribution in [-0.4, -0.2) is 0 Å². The zero-order valence-corrected chi connectivity index (χ0v) is 15.1. The number of rotatable bonds is 4. The van der Waals surface area contributed by atoms with Crippen LogP contribution in [0.25, 0.3) is 16.7 Å². The fraction of sp³-hybridized carbons (Fsp3) is 0.120. The highest BCUT2D eigenvalue weighted by atomic mass is 14.2. The zero-order valence-electron chi connectivity index (χ0n) is 15.1. The summed E-state index contributed by atoms with van der Waals surface area (Å²) in [5.74, 6) is 0. The summed E-state index contributed by atoms with van der Waals surface area (Å²) in [4.78, 5) is 0. The second-order valence-corrected chi connectivity index (χ2v) is 6.54. The first-order valence-corrected chi connectivity index (χ1v) is 8.62. The average Bonchev–Trinajstić information content (AvgIpc) is 2.97. The standard InChI is InChI=1S/C25H24/c1-6-22-21(16-20-11-7-8-14-25(20)22)15-18(4)19(5)24-13-10-9-12-23(24)17(2)3/h6-15H,2,4-5,16H2,1,3H3. The van der Waals surface area contributed by atoms with Crippen LogP contribution in [0, 0.1) is 0 Å². The number of fused-ring (bicyclic) bond motifs is 1. The Morgan fingerprint density at radius 2 is 1.56 bits per heavy atom. The van der Waals surface area contributed by atoms with E-state index in [2.05, 4.69) is 75.2 Å². The van der Waals surface area contributed by atoms with Crippen LogP contribution in [-0.2, 0) is 6.42 Å². The predicted molar refractivity (Wildman–Crippen MR) is 111 cm³/mol. The van der Waals surface area contributed by atoms with Gasteiger partial charge in [-0.3, -0.25) is 0 Å². The van der Waals surface area contributed by atoms with E-state index in [0.29, 0.717) is 0 Å². The van der Waals surface area contributed by atoms with E-state index in [1.165, 1.54) is 22.3 Å². The average molecular weight is 324 g/mol. The van der Waals surface area contributed by atoms with Crippen molar-refractivity contribution in [3.05, 3.63) is 114 Å². The third-order valence-electron chi connectivity index (χ3n) is 4.77. The van der Waals surface area contributed by atoms with Crippen LogP contribution in [0.3, 0.4) is 0 Å². The fourth-order valence-corrected chi connectivity index (χ4v) is 3.47. The van der Waals surface area contributed by atoms with Gasteiger partial charge in [-0.25, -0.2) is 0 Å². The molecule has 0 spiro atoms. The Morgan fingerprint density at radius 1 is 0.920 bits per heavy atom. The zero-order chi connectivity index (χ0) is 18.0. The second-order valence-electron chi connectivity index (χ2n) is 6.54. The van der Waals surface area contributed by atoms with Crippen molar-refractivity contribution in [1.82, 2.24) is 0 Å². The molecule has 0 radical (unpaired) electrons. The lowest BCUT2D eigenvalue weighted by Crippen LogP contribution is -1.93. The molecule has 0 amide bonds. The summed E-state index contributed by atoms with van der Waals surface area (Å²) >= 11 is 0. The topological polar surface area (TPSA) is 0 Å². The van der Waals surface area contributed by atoms with E-state index in [-0.39, 0.29) is 0 Å². The van der Waals surface area contributed by atoms with E-state index < -0.39 is 0 Å². The summed E-state index contributed by atoms with van der Waals surface area (Å²) in [5, 5.41) is 0. The molecule has 0 atom stereocenters. The Bertz CT molecular complexity index is 932. The first kappa shape index (κ1) is 17.0. The molecule has 0 aromatic heterocycles. The lowest BCUT2D eigenvalue weighted by Gasteiger charge is -2.13. The molecule has 0 bridgehead atoms. The number of hydrogen-bond donors (Lipinski definition) is 0. The Hall–Kier alpha value is -2.86. The van der Waals surface area contributed by atoms with E-state index in [1.54, 1.807) is 0 Å². The molecule has 25 heavy (non-hydrogen) atoms. The van der Waals surface area contributed by atoms with E-state index in [1.807, 2.05) is 19.1 Å². The fourth-order valence-electron chi connectivity index (χ4n) is 3.47. The number of allylic oxidation sites excluding steroid dienone is 7. The van der Waals surface area contributed by atoms with Gasteiger partial charge in [-0.05, 0) is 64.8 Å². The van der Waals surface area contributed by atoms with Gasteiger partial charge in [-0.15, -0.1) is 0 Å². The monoisotopic (exact) mass is 324 g/mol. The van der Waals surface area contributed by atoms with Crippen LogP contribution < -0.4 is 0 Å². The third-order valence-corrected chi connectivity index (χ3v) is 4.77. The van der Waals surface area contributed by atoms with Crippen LogP contribution in [0.15, 0.2) is 91.6 Å². The van der Waals surface area contributed by atoms with Gasteiger partial charge in [-0.2, -0.15) is 0 Å². The van der Waals surface area contributed by atoms with Gasteiger partial charge in [0.25, 0.3) is 0 Å². The highest BCUT2D eigenvalue weighted by Gasteiger charge is 2.20. The molecule has 0 unspecified atom stereocenters. The van der Waals surface area contributed by atoms with E-state index in [9.17, 15) is 0 Å². The van der Waals surface area contributed by atoms with E-state index >= 15 is 0 Å². The Balaban J connectivity index is 1.94. The van der Waals surface area contributed by atoms with Crippen molar-refractivity contribution in [2.24, 2.45) is 0 Å². The molecular formula is C25H24. The van der Waals surface area contributed by atoms with Gasteiger partial charge >= 0.3 is 0 Å². The van der Waals surface area contributed by atoms with Crippen LogP contribution in [0.2, 0.25) is 0 Å². The molecule has 0 saturated carbocycles. The molecule has 1 aliphatic carbocycles. The van der Waals surface area contributed by atoms with Crippen molar-refractivity contribution in [1.29, 1.82) is 0 Å². The highest BCUT2D eigenvalue weighted by Crippen LogP contribution is 2.38. The molecule has 0 aliphatic heterocycles. The number of benzene rings is 2.